The number of carbonyl (C=O) groups is 1. The van der Waals surface area contributed by atoms with Gasteiger partial charge in [-0.1, -0.05) is 11.6 Å². The van der Waals surface area contributed by atoms with Crippen LogP contribution < -0.4 is 5.73 Å². The van der Waals surface area contributed by atoms with Crippen molar-refractivity contribution in [3.63, 3.8) is 0 Å². The largest absolute Gasteiger partial charge is 0.399 e. The molecule has 0 aromatic heterocycles. The molecule has 5 nitrogen and oxygen atoms in total. The van der Waals surface area contributed by atoms with Crippen molar-refractivity contribution in [2.75, 3.05) is 39.0 Å². The molecule has 23 heavy (non-hydrogen) atoms. The molecule has 1 aromatic rings. The number of anilines is 1. The van der Waals surface area contributed by atoms with E-state index < -0.39 is 0 Å². The van der Waals surface area contributed by atoms with E-state index in [9.17, 15) is 9.90 Å². The van der Waals surface area contributed by atoms with Crippen LogP contribution in [-0.2, 0) is 0 Å². The normalized spacial score (nSPS) is 17.9. The second-order valence-corrected chi connectivity index (χ2v) is 6.93. The quantitative estimate of drug-likeness (QED) is 0.806. The summed E-state index contributed by atoms with van der Waals surface area (Å²) in [6, 6.07) is 4.99. The van der Waals surface area contributed by atoms with Crippen molar-refractivity contribution in [1.29, 1.82) is 0 Å². The maximum Gasteiger partial charge on any atom is 0.255 e. The predicted octanol–water partition coefficient (Wildman–Crippen LogP) is 2.09. The highest BCUT2D eigenvalue weighted by atomic mass is 35.5. The van der Waals surface area contributed by atoms with Crippen LogP contribution in [0.2, 0.25) is 5.02 Å². The zero-order valence-corrected chi connectivity index (χ0v) is 14.6. The molecule has 1 amide bonds. The Labute approximate surface area is 143 Å². The molecule has 1 aliphatic rings. The van der Waals surface area contributed by atoms with Crippen molar-refractivity contribution in [3.8, 4) is 0 Å². The molecule has 0 saturated carbocycles. The number of likely N-dealkylation sites (tertiary alicyclic amines) is 1. The molecule has 6 heteroatoms. The summed E-state index contributed by atoms with van der Waals surface area (Å²) >= 11 is 6.12. The van der Waals surface area contributed by atoms with Gasteiger partial charge < -0.3 is 20.6 Å². The molecule has 2 rings (SSSR count). The second kappa shape index (κ2) is 7.99. The molecule has 1 unspecified atom stereocenters. The third kappa shape index (κ3) is 5.09. The van der Waals surface area contributed by atoms with Crippen LogP contribution >= 0.6 is 11.6 Å². The van der Waals surface area contributed by atoms with Gasteiger partial charge in [-0.25, -0.2) is 0 Å². The van der Waals surface area contributed by atoms with Gasteiger partial charge in [0.25, 0.3) is 5.91 Å². The molecule has 1 atom stereocenters. The van der Waals surface area contributed by atoms with Crippen molar-refractivity contribution < 1.29 is 9.90 Å². The number of halogens is 1. The van der Waals surface area contributed by atoms with Crippen molar-refractivity contribution >= 4 is 23.2 Å². The molecule has 1 heterocycles. The lowest BCUT2D eigenvalue weighted by Gasteiger charge is -2.34. The Morgan fingerprint density at radius 2 is 2.13 bits per heavy atom. The number of nitrogen functional groups attached to an aromatic ring is 1. The van der Waals surface area contributed by atoms with Crippen LogP contribution in [0.1, 0.15) is 30.1 Å². The molecule has 1 fully saturated rings. The highest BCUT2D eigenvalue weighted by Crippen LogP contribution is 2.23. The maximum atomic E-state index is 12.5. The summed E-state index contributed by atoms with van der Waals surface area (Å²) in [6.45, 7) is 5.21. The smallest absolute Gasteiger partial charge is 0.255 e. The summed E-state index contributed by atoms with van der Waals surface area (Å²) in [5.74, 6) is 0.420. The molecule has 0 aliphatic carbocycles. The monoisotopic (exact) mass is 339 g/mol. The number of β-amino-alcohol motifs (C(OH)–C–C–N with tert-alkyl or cyclic N) is 1. The van der Waals surface area contributed by atoms with Gasteiger partial charge in [0.2, 0.25) is 0 Å². The molecule has 0 radical (unpaired) electrons. The number of nitrogens with two attached hydrogens (primary N) is 1. The summed E-state index contributed by atoms with van der Waals surface area (Å²) in [5.41, 5.74) is 6.72. The van der Waals surface area contributed by atoms with Crippen molar-refractivity contribution in [1.82, 2.24) is 9.80 Å². The number of benzene rings is 1. The van der Waals surface area contributed by atoms with Crippen LogP contribution in [0.25, 0.3) is 0 Å². The van der Waals surface area contributed by atoms with Gasteiger partial charge in [-0.15, -0.1) is 0 Å². The Morgan fingerprint density at radius 3 is 2.70 bits per heavy atom. The molecule has 1 aromatic carbocycles. The van der Waals surface area contributed by atoms with Gasteiger partial charge >= 0.3 is 0 Å². The van der Waals surface area contributed by atoms with Crippen LogP contribution in [0.4, 0.5) is 5.69 Å². The van der Waals surface area contributed by atoms with Crippen molar-refractivity contribution in [2.45, 2.75) is 25.9 Å². The third-order valence-electron chi connectivity index (χ3n) is 4.33. The van der Waals surface area contributed by atoms with Crippen LogP contribution in [0.3, 0.4) is 0 Å². The molecular formula is C17H26ClN3O2. The molecule has 128 valence electrons. The van der Waals surface area contributed by atoms with Gasteiger partial charge in [0.1, 0.15) is 0 Å². The minimum absolute atomic E-state index is 0.0681. The Balaban J connectivity index is 1.87. The standard InChI is InChI=1S/C17H26ClN3O2/c1-12(22)10-21-7-5-13(6-8-21)11-20(2)17(23)15-4-3-14(19)9-16(15)18/h3-4,9,12-13,22H,5-8,10-11,19H2,1-2H3. The SMILES string of the molecule is CC(O)CN1CCC(CN(C)C(=O)c2ccc(N)cc2Cl)CC1. The molecule has 0 spiro atoms. The minimum atomic E-state index is -0.288. The molecule has 0 bridgehead atoms. The highest BCUT2D eigenvalue weighted by Gasteiger charge is 2.23. The predicted molar refractivity (Wildman–Crippen MR) is 93.7 cm³/mol. The van der Waals surface area contributed by atoms with Crippen LogP contribution in [0.5, 0.6) is 0 Å². The topological polar surface area (TPSA) is 69.8 Å². The Morgan fingerprint density at radius 1 is 1.48 bits per heavy atom. The van der Waals surface area contributed by atoms with Gasteiger partial charge in [-0.2, -0.15) is 0 Å². The number of hydrogen-bond donors (Lipinski definition) is 2. The first-order valence-corrected chi connectivity index (χ1v) is 8.45. The van der Waals surface area contributed by atoms with Crippen LogP contribution in [0.15, 0.2) is 18.2 Å². The fourth-order valence-electron chi connectivity index (χ4n) is 3.11. The lowest BCUT2D eigenvalue weighted by molar-refractivity contribution is 0.0703. The van der Waals surface area contributed by atoms with Gasteiger partial charge in [-0.3, -0.25) is 4.79 Å². The summed E-state index contributed by atoms with van der Waals surface area (Å²) in [4.78, 5) is 16.5. The van der Waals surface area contributed by atoms with E-state index in [0.29, 0.717) is 22.2 Å². The number of rotatable bonds is 5. The van der Waals surface area contributed by atoms with Crippen molar-refractivity contribution in [3.05, 3.63) is 28.8 Å². The first kappa shape index (κ1) is 18.0. The van der Waals surface area contributed by atoms with E-state index in [1.54, 1.807) is 23.1 Å². The lowest BCUT2D eigenvalue weighted by Crippen LogP contribution is -2.41. The third-order valence-corrected chi connectivity index (χ3v) is 4.64. The lowest BCUT2D eigenvalue weighted by atomic mass is 9.96. The van der Waals surface area contributed by atoms with Crippen molar-refractivity contribution in [2.24, 2.45) is 5.92 Å². The molecule has 3 N–H and O–H groups in total. The number of aliphatic hydroxyl groups is 1. The first-order chi connectivity index (χ1) is 10.9. The van der Waals surface area contributed by atoms with E-state index in [0.717, 1.165) is 39.0 Å². The van der Waals surface area contributed by atoms with E-state index in [-0.39, 0.29) is 12.0 Å². The summed E-state index contributed by atoms with van der Waals surface area (Å²) < 4.78 is 0. The molecular weight excluding hydrogens is 314 g/mol. The number of aliphatic hydroxyl groups excluding tert-OH is 1. The Kier molecular flexibility index (Phi) is 6.27. The zero-order chi connectivity index (χ0) is 17.0. The van der Waals surface area contributed by atoms with E-state index >= 15 is 0 Å². The Bertz CT molecular complexity index is 543. The van der Waals surface area contributed by atoms with Gasteiger partial charge in [-0.05, 0) is 57.0 Å². The Hall–Kier alpha value is -1.30. The number of hydrogen-bond acceptors (Lipinski definition) is 4. The van der Waals surface area contributed by atoms with Crippen LogP contribution in [0, 0.1) is 5.92 Å². The summed E-state index contributed by atoms with van der Waals surface area (Å²) in [7, 11) is 1.82. The fraction of sp³-hybridized carbons (Fsp3) is 0.588. The van der Waals surface area contributed by atoms with E-state index in [2.05, 4.69) is 4.90 Å². The second-order valence-electron chi connectivity index (χ2n) is 6.52. The average molecular weight is 340 g/mol. The first-order valence-electron chi connectivity index (χ1n) is 8.07. The van der Waals surface area contributed by atoms with E-state index in [1.807, 2.05) is 14.0 Å². The van der Waals surface area contributed by atoms with Gasteiger partial charge in [0.15, 0.2) is 0 Å². The van der Waals surface area contributed by atoms with Gasteiger partial charge in [0, 0.05) is 25.8 Å². The maximum absolute atomic E-state index is 12.5. The molecule has 1 saturated heterocycles. The number of piperidine rings is 1. The van der Waals surface area contributed by atoms with E-state index in [1.165, 1.54) is 0 Å². The minimum Gasteiger partial charge on any atom is -0.399 e. The summed E-state index contributed by atoms with van der Waals surface area (Å²) in [6.07, 6.45) is 1.79. The van der Waals surface area contributed by atoms with Crippen LogP contribution in [-0.4, -0.2) is 60.1 Å². The zero-order valence-electron chi connectivity index (χ0n) is 13.8. The molecule has 1 aliphatic heterocycles. The van der Waals surface area contributed by atoms with Gasteiger partial charge in [0.05, 0.1) is 16.7 Å². The number of amides is 1. The average Bonchev–Trinajstić information content (AvgIpc) is 2.48. The highest BCUT2D eigenvalue weighted by molar-refractivity contribution is 6.34. The summed E-state index contributed by atoms with van der Waals surface area (Å²) in [5, 5.41) is 9.84. The van der Waals surface area contributed by atoms with E-state index in [4.69, 9.17) is 17.3 Å². The number of nitrogens with zero attached hydrogens (tertiary/aromatic N) is 2. The number of carbonyl (C=O) groups excluding carboxylic acids is 1. The fourth-order valence-corrected chi connectivity index (χ4v) is 3.38.